The zero-order valence-corrected chi connectivity index (χ0v) is 14.1. The van der Waals surface area contributed by atoms with Gasteiger partial charge in [-0.1, -0.05) is 37.5 Å². The van der Waals surface area contributed by atoms with Gasteiger partial charge in [-0.25, -0.2) is 9.37 Å². The Kier molecular flexibility index (Phi) is 7.40. The molecule has 4 heteroatoms. The Labute approximate surface area is 142 Å². The van der Waals surface area contributed by atoms with Crippen molar-refractivity contribution < 1.29 is 13.9 Å². The molecule has 0 aliphatic carbocycles. The fourth-order valence-electron chi connectivity index (χ4n) is 2.45. The molecule has 0 unspecified atom stereocenters. The van der Waals surface area contributed by atoms with Crippen LogP contribution in [0.5, 0.6) is 5.88 Å². The SMILES string of the molecule is CC(=O)/C(F)=C\CCCCCCCOc1ccc2ccccc2n1. The summed E-state index contributed by atoms with van der Waals surface area (Å²) in [5.41, 5.74) is 0.945. The lowest BCUT2D eigenvalue weighted by Gasteiger charge is -2.06. The fourth-order valence-corrected chi connectivity index (χ4v) is 2.45. The third-order valence-electron chi connectivity index (χ3n) is 3.83. The molecule has 2 aromatic rings. The normalized spacial score (nSPS) is 11.7. The molecule has 3 nitrogen and oxygen atoms in total. The zero-order valence-electron chi connectivity index (χ0n) is 14.1. The summed E-state index contributed by atoms with van der Waals surface area (Å²) in [6.45, 7) is 1.90. The van der Waals surface area contributed by atoms with Crippen LogP contribution in [-0.2, 0) is 4.79 Å². The Balaban J connectivity index is 1.56. The number of halogens is 1. The van der Waals surface area contributed by atoms with E-state index in [1.807, 2.05) is 36.4 Å². The van der Waals surface area contributed by atoms with Crippen LogP contribution in [-0.4, -0.2) is 17.4 Å². The molecule has 0 aliphatic heterocycles. The van der Waals surface area contributed by atoms with E-state index in [1.165, 1.54) is 13.0 Å². The van der Waals surface area contributed by atoms with Gasteiger partial charge in [-0.2, -0.15) is 0 Å². The van der Waals surface area contributed by atoms with Gasteiger partial charge in [0.15, 0.2) is 11.6 Å². The van der Waals surface area contributed by atoms with Crippen LogP contribution in [0.1, 0.15) is 45.4 Å². The van der Waals surface area contributed by atoms with Crippen LogP contribution in [0.2, 0.25) is 0 Å². The molecule has 0 radical (unpaired) electrons. The van der Waals surface area contributed by atoms with Crippen LogP contribution in [0.4, 0.5) is 4.39 Å². The van der Waals surface area contributed by atoms with Gasteiger partial charge in [-0.3, -0.25) is 4.79 Å². The van der Waals surface area contributed by atoms with E-state index in [-0.39, 0.29) is 0 Å². The molecular formula is C20H24FNO2. The summed E-state index contributed by atoms with van der Waals surface area (Å²) in [7, 11) is 0. The molecule has 0 saturated heterocycles. The molecule has 1 aromatic carbocycles. The predicted molar refractivity (Wildman–Crippen MR) is 94.8 cm³/mol. The molecule has 0 bridgehead atoms. The van der Waals surface area contributed by atoms with Gasteiger partial charge in [0.1, 0.15) is 0 Å². The number of hydrogen-bond donors (Lipinski definition) is 0. The molecule has 0 aliphatic rings. The summed E-state index contributed by atoms with van der Waals surface area (Å²) >= 11 is 0. The first kappa shape index (κ1) is 18.1. The summed E-state index contributed by atoms with van der Waals surface area (Å²) in [6, 6.07) is 11.9. The van der Waals surface area contributed by atoms with Crippen molar-refractivity contribution >= 4 is 16.7 Å². The number of hydrogen-bond acceptors (Lipinski definition) is 3. The highest BCUT2D eigenvalue weighted by Crippen LogP contribution is 2.16. The summed E-state index contributed by atoms with van der Waals surface area (Å²) in [4.78, 5) is 15.2. The lowest BCUT2D eigenvalue weighted by Crippen LogP contribution is -1.99. The minimum Gasteiger partial charge on any atom is -0.478 e. The van der Waals surface area contributed by atoms with Gasteiger partial charge in [0.05, 0.1) is 12.1 Å². The van der Waals surface area contributed by atoms with E-state index in [0.717, 1.165) is 43.0 Å². The molecule has 1 heterocycles. The maximum atomic E-state index is 12.9. The summed E-state index contributed by atoms with van der Waals surface area (Å²) < 4.78 is 18.6. The third-order valence-corrected chi connectivity index (χ3v) is 3.83. The lowest BCUT2D eigenvalue weighted by molar-refractivity contribution is -0.114. The molecule has 24 heavy (non-hydrogen) atoms. The average molecular weight is 329 g/mol. The van der Waals surface area contributed by atoms with E-state index in [2.05, 4.69) is 4.98 Å². The van der Waals surface area contributed by atoms with Crippen LogP contribution in [0.25, 0.3) is 10.9 Å². The number of aromatic nitrogens is 1. The number of ether oxygens (including phenoxy) is 1. The Morgan fingerprint density at radius 3 is 2.67 bits per heavy atom. The molecule has 0 atom stereocenters. The first-order valence-electron chi connectivity index (χ1n) is 8.52. The van der Waals surface area contributed by atoms with Crippen molar-refractivity contribution in [1.29, 1.82) is 0 Å². The second-order valence-electron chi connectivity index (χ2n) is 5.86. The highest BCUT2D eigenvalue weighted by atomic mass is 19.1. The maximum Gasteiger partial charge on any atom is 0.213 e. The Morgan fingerprint density at radius 2 is 1.83 bits per heavy atom. The monoisotopic (exact) mass is 329 g/mol. The first-order chi connectivity index (χ1) is 11.7. The van der Waals surface area contributed by atoms with Crippen molar-refractivity contribution in [1.82, 2.24) is 4.98 Å². The smallest absolute Gasteiger partial charge is 0.213 e. The van der Waals surface area contributed by atoms with E-state index in [4.69, 9.17) is 4.74 Å². The summed E-state index contributed by atoms with van der Waals surface area (Å²) in [5, 5.41) is 1.11. The van der Waals surface area contributed by atoms with Crippen LogP contribution in [0, 0.1) is 0 Å². The minimum atomic E-state index is -0.619. The van der Waals surface area contributed by atoms with Gasteiger partial charge < -0.3 is 4.74 Å². The average Bonchev–Trinajstić information content (AvgIpc) is 2.59. The van der Waals surface area contributed by atoms with Crippen molar-refractivity contribution in [3.63, 3.8) is 0 Å². The molecular weight excluding hydrogens is 305 g/mol. The summed E-state index contributed by atoms with van der Waals surface area (Å²) in [5.74, 6) is -0.445. The van der Waals surface area contributed by atoms with Crippen molar-refractivity contribution in [3.05, 3.63) is 48.3 Å². The molecule has 2 rings (SSSR count). The minimum absolute atomic E-state index is 0.491. The number of carbonyl (C=O) groups excluding carboxylic acids is 1. The van der Waals surface area contributed by atoms with E-state index >= 15 is 0 Å². The van der Waals surface area contributed by atoms with E-state index in [1.54, 1.807) is 0 Å². The van der Waals surface area contributed by atoms with Crippen LogP contribution >= 0.6 is 0 Å². The van der Waals surface area contributed by atoms with Crippen LogP contribution < -0.4 is 4.74 Å². The zero-order chi connectivity index (χ0) is 17.2. The second kappa shape index (κ2) is 9.81. The number of fused-ring (bicyclic) bond motifs is 1. The number of carbonyl (C=O) groups is 1. The Hall–Kier alpha value is -2.23. The van der Waals surface area contributed by atoms with Gasteiger partial charge in [-0.05, 0) is 37.5 Å². The number of para-hydroxylation sites is 1. The van der Waals surface area contributed by atoms with Crippen molar-refractivity contribution in [2.75, 3.05) is 6.61 Å². The van der Waals surface area contributed by atoms with Crippen molar-refractivity contribution in [2.45, 2.75) is 45.4 Å². The number of ketones is 1. The van der Waals surface area contributed by atoms with Gasteiger partial charge >= 0.3 is 0 Å². The van der Waals surface area contributed by atoms with E-state index < -0.39 is 11.6 Å². The molecule has 0 N–H and O–H groups in total. The maximum absolute atomic E-state index is 12.9. The van der Waals surface area contributed by atoms with Gasteiger partial charge in [0.2, 0.25) is 5.88 Å². The van der Waals surface area contributed by atoms with Gasteiger partial charge in [0.25, 0.3) is 0 Å². The third kappa shape index (κ3) is 6.11. The standard InChI is InChI=1S/C20H24FNO2/c1-16(23)18(21)11-6-4-2-3-5-9-15-24-20-14-13-17-10-7-8-12-19(17)22-20/h7-8,10-14H,2-6,9,15H2,1H3/b18-11+. The highest BCUT2D eigenvalue weighted by Gasteiger charge is 2.00. The van der Waals surface area contributed by atoms with Crippen molar-refractivity contribution in [3.8, 4) is 5.88 Å². The predicted octanol–water partition coefficient (Wildman–Crippen LogP) is 5.40. The topological polar surface area (TPSA) is 39.2 Å². The number of unbranched alkanes of at least 4 members (excludes halogenated alkanes) is 5. The number of rotatable bonds is 10. The van der Waals surface area contributed by atoms with Crippen molar-refractivity contribution in [2.24, 2.45) is 0 Å². The van der Waals surface area contributed by atoms with E-state index in [9.17, 15) is 9.18 Å². The summed E-state index contributed by atoms with van der Waals surface area (Å²) in [6.07, 6.45) is 7.10. The Bertz CT molecular complexity index is 697. The van der Waals surface area contributed by atoms with Crippen LogP contribution in [0.15, 0.2) is 48.3 Å². The largest absolute Gasteiger partial charge is 0.478 e. The number of benzene rings is 1. The van der Waals surface area contributed by atoms with E-state index in [0.29, 0.717) is 18.9 Å². The molecule has 128 valence electrons. The quantitative estimate of drug-likeness (QED) is 0.433. The lowest BCUT2D eigenvalue weighted by atomic mass is 10.1. The first-order valence-corrected chi connectivity index (χ1v) is 8.52. The molecule has 0 fully saturated rings. The second-order valence-corrected chi connectivity index (χ2v) is 5.86. The molecule has 0 saturated carbocycles. The fraction of sp³-hybridized carbons (Fsp3) is 0.400. The number of nitrogens with zero attached hydrogens (tertiary/aromatic N) is 1. The molecule has 0 spiro atoms. The molecule has 1 aromatic heterocycles. The number of pyridine rings is 1. The number of allylic oxidation sites excluding steroid dienone is 2. The Morgan fingerprint density at radius 1 is 1.08 bits per heavy atom. The van der Waals surface area contributed by atoms with Gasteiger partial charge in [0, 0.05) is 18.4 Å². The van der Waals surface area contributed by atoms with Crippen LogP contribution in [0.3, 0.4) is 0 Å². The van der Waals surface area contributed by atoms with Gasteiger partial charge in [-0.15, -0.1) is 0 Å². The highest BCUT2D eigenvalue weighted by molar-refractivity contribution is 5.90. The number of Topliss-reactive ketones (excluding diaryl/α,β-unsaturated/α-hetero) is 1. The molecule has 0 amide bonds.